The minimum Gasteiger partial charge on any atom is -0.383 e. The monoisotopic (exact) mass is 350 g/mol. The Morgan fingerprint density at radius 2 is 2.12 bits per heavy atom. The fourth-order valence-corrected chi connectivity index (χ4v) is 3.81. The zero-order valence-electron chi connectivity index (χ0n) is 15.5. The first kappa shape index (κ1) is 16.9. The van der Waals surface area contributed by atoms with E-state index < -0.39 is 0 Å². The molecule has 2 aliphatic heterocycles. The molecule has 0 amide bonds. The summed E-state index contributed by atoms with van der Waals surface area (Å²) in [4.78, 5) is 2.36. The molecule has 0 spiro atoms. The minimum atomic E-state index is 0.504. The van der Waals surface area contributed by atoms with Crippen molar-refractivity contribution in [1.82, 2.24) is 20.7 Å². The lowest BCUT2D eigenvalue weighted by atomic mass is 10.0. The van der Waals surface area contributed by atoms with Gasteiger partial charge in [0.15, 0.2) is 0 Å². The van der Waals surface area contributed by atoms with Gasteiger partial charge in [-0.15, -0.1) is 0 Å². The third kappa shape index (κ3) is 3.68. The molecular weight excluding hydrogens is 324 g/mol. The topological polar surface area (TPSA) is 53.3 Å². The van der Waals surface area contributed by atoms with Crippen molar-refractivity contribution >= 4 is 5.57 Å². The van der Waals surface area contributed by atoms with Gasteiger partial charge in [-0.1, -0.05) is 35.5 Å². The Morgan fingerprint density at radius 3 is 2.81 bits per heavy atom. The van der Waals surface area contributed by atoms with Crippen molar-refractivity contribution in [1.29, 1.82) is 0 Å². The Morgan fingerprint density at radius 1 is 1.27 bits per heavy atom. The van der Waals surface area contributed by atoms with Crippen LogP contribution in [0.2, 0.25) is 0 Å². The average molecular weight is 350 g/mol. The number of rotatable bonds is 5. The number of hydrogen-bond donors (Lipinski definition) is 2. The fraction of sp³-hybridized carbons (Fsp3) is 0.381. The maximum absolute atomic E-state index is 5.40. The molecule has 0 saturated carbocycles. The molecule has 1 unspecified atom stereocenters. The van der Waals surface area contributed by atoms with Crippen LogP contribution in [-0.4, -0.2) is 35.7 Å². The van der Waals surface area contributed by atoms with Crippen LogP contribution in [0.1, 0.15) is 29.0 Å². The number of allylic oxidation sites excluding steroid dienone is 2. The highest BCUT2D eigenvalue weighted by molar-refractivity contribution is 5.77. The van der Waals surface area contributed by atoms with Crippen molar-refractivity contribution in [2.75, 3.05) is 19.6 Å². The van der Waals surface area contributed by atoms with E-state index in [9.17, 15) is 0 Å². The van der Waals surface area contributed by atoms with Crippen molar-refractivity contribution in [2.24, 2.45) is 0 Å². The second-order valence-electron chi connectivity index (χ2n) is 7.18. The normalized spacial score (nSPS) is 20.1. The molecule has 5 nitrogen and oxygen atoms in total. The summed E-state index contributed by atoms with van der Waals surface area (Å²) in [6.45, 7) is 7.87. The molecule has 2 aromatic rings. The van der Waals surface area contributed by atoms with Crippen LogP contribution < -0.4 is 10.6 Å². The maximum atomic E-state index is 5.40. The van der Waals surface area contributed by atoms with Crippen LogP contribution in [0.15, 0.2) is 52.8 Å². The smallest absolute Gasteiger partial charge is 0.141 e. The Labute approximate surface area is 154 Å². The van der Waals surface area contributed by atoms with E-state index in [2.05, 4.69) is 63.3 Å². The van der Waals surface area contributed by atoms with E-state index >= 15 is 0 Å². The van der Waals surface area contributed by atoms with Crippen molar-refractivity contribution in [2.45, 2.75) is 32.9 Å². The standard InChI is InChI=1S/C21H26N4O/c1-15-21(16(2)26-24-15)18-10-20(23-19-8-9-22-11-19)14-25(13-18)12-17-6-4-3-5-7-17/h3-7,10,13,19,22-23H,8-9,11-12,14H2,1-2H3. The summed E-state index contributed by atoms with van der Waals surface area (Å²) in [5.41, 5.74) is 5.77. The molecular formula is C21H26N4O. The highest BCUT2D eigenvalue weighted by Gasteiger charge is 2.21. The van der Waals surface area contributed by atoms with Crippen LogP contribution in [0.4, 0.5) is 0 Å². The molecule has 0 radical (unpaired) electrons. The number of aryl methyl sites for hydroxylation is 2. The summed E-state index contributed by atoms with van der Waals surface area (Å²) in [5, 5.41) is 11.3. The molecule has 0 bridgehead atoms. The lowest BCUT2D eigenvalue weighted by Gasteiger charge is -2.29. The molecule has 0 aliphatic carbocycles. The van der Waals surface area contributed by atoms with Gasteiger partial charge in [0.2, 0.25) is 0 Å². The summed E-state index contributed by atoms with van der Waals surface area (Å²) in [7, 11) is 0. The van der Waals surface area contributed by atoms with Crippen LogP contribution >= 0.6 is 0 Å². The molecule has 136 valence electrons. The van der Waals surface area contributed by atoms with E-state index in [1.54, 1.807) is 0 Å². The summed E-state index contributed by atoms with van der Waals surface area (Å²) in [6, 6.07) is 11.1. The molecule has 26 heavy (non-hydrogen) atoms. The molecule has 1 fully saturated rings. The predicted molar refractivity (Wildman–Crippen MR) is 103 cm³/mol. The highest BCUT2D eigenvalue weighted by Crippen LogP contribution is 2.28. The molecule has 1 aromatic heterocycles. The van der Waals surface area contributed by atoms with Gasteiger partial charge >= 0.3 is 0 Å². The lowest BCUT2D eigenvalue weighted by molar-refractivity contribution is 0.381. The molecule has 3 heterocycles. The number of nitrogens with one attached hydrogen (secondary N) is 2. The van der Waals surface area contributed by atoms with Gasteiger partial charge < -0.3 is 20.1 Å². The molecule has 1 atom stereocenters. The number of benzene rings is 1. The molecule has 2 N–H and O–H groups in total. The number of aromatic nitrogens is 1. The molecule has 5 heteroatoms. The zero-order chi connectivity index (χ0) is 17.9. The van der Waals surface area contributed by atoms with E-state index in [-0.39, 0.29) is 0 Å². The van der Waals surface area contributed by atoms with E-state index in [0.29, 0.717) is 6.04 Å². The first-order chi connectivity index (χ1) is 12.7. The van der Waals surface area contributed by atoms with Gasteiger partial charge in [0.1, 0.15) is 5.76 Å². The fourth-order valence-electron chi connectivity index (χ4n) is 3.81. The maximum Gasteiger partial charge on any atom is 0.141 e. The summed E-state index contributed by atoms with van der Waals surface area (Å²) in [5.74, 6) is 0.869. The average Bonchev–Trinajstić information content (AvgIpc) is 3.25. The van der Waals surface area contributed by atoms with Crippen LogP contribution in [0.3, 0.4) is 0 Å². The first-order valence-corrected chi connectivity index (χ1v) is 9.30. The van der Waals surface area contributed by atoms with Crippen molar-refractivity contribution in [3.8, 4) is 0 Å². The second kappa shape index (κ2) is 7.38. The highest BCUT2D eigenvalue weighted by atomic mass is 16.5. The summed E-state index contributed by atoms with van der Waals surface area (Å²) in [6.07, 6.45) is 5.66. The van der Waals surface area contributed by atoms with Crippen LogP contribution in [-0.2, 0) is 6.54 Å². The molecule has 1 saturated heterocycles. The van der Waals surface area contributed by atoms with Gasteiger partial charge in [-0.05, 0) is 38.5 Å². The van der Waals surface area contributed by atoms with Crippen LogP contribution in [0, 0.1) is 13.8 Å². The van der Waals surface area contributed by atoms with Crippen molar-refractivity contribution in [3.05, 3.63) is 70.9 Å². The Kier molecular flexibility index (Phi) is 4.80. The Balaban J connectivity index is 1.61. The third-order valence-electron chi connectivity index (χ3n) is 5.03. The number of nitrogens with zero attached hydrogens (tertiary/aromatic N) is 2. The van der Waals surface area contributed by atoms with E-state index in [0.717, 1.165) is 48.8 Å². The first-order valence-electron chi connectivity index (χ1n) is 9.30. The Hall–Kier alpha value is -2.53. The van der Waals surface area contributed by atoms with Crippen molar-refractivity contribution in [3.63, 3.8) is 0 Å². The predicted octanol–water partition coefficient (Wildman–Crippen LogP) is 2.98. The van der Waals surface area contributed by atoms with Gasteiger partial charge in [0.25, 0.3) is 0 Å². The minimum absolute atomic E-state index is 0.504. The van der Waals surface area contributed by atoms with Gasteiger partial charge in [0, 0.05) is 42.2 Å². The van der Waals surface area contributed by atoms with Crippen molar-refractivity contribution < 1.29 is 4.52 Å². The lowest BCUT2D eigenvalue weighted by Crippen LogP contribution is -2.36. The molecule has 1 aromatic carbocycles. The van der Waals surface area contributed by atoms with Crippen LogP contribution in [0.5, 0.6) is 0 Å². The van der Waals surface area contributed by atoms with E-state index in [1.165, 1.54) is 17.7 Å². The van der Waals surface area contributed by atoms with E-state index in [4.69, 9.17) is 4.52 Å². The third-order valence-corrected chi connectivity index (χ3v) is 5.03. The largest absolute Gasteiger partial charge is 0.383 e. The number of hydrogen-bond acceptors (Lipinski definition) is 5. The van der Waals surface area contributed by atoms with Gasteiger partial charge in [0.05, 0.1) is 12.2 Å². The molecule has 2 aliphatic rings. The SMILES string of the molecule is Cc1noc(C)c1C1=CN(Cc2ccccc2)CC(NC2CCNC2)=C1. The summed E-state index contributed by atoms with van der Waals surface area (Å²) >= 11 is 0. The van der Waals surface area contributed by atoms with Gasteiger partial charge in [-0.2, -0.15) is 0 Å². The summed E-state index contributed by atoms with van der Waals surface area (Å²) < 4.78 is 5.40. The molecule has 4 rings (SSSR count). The Bertz CT molecular complexity index is 796. The quantitative estimate of drug-likeness (QED) is 0.868. The van der Waals surface area contributed by atoms with Gasteiger partial charge in [-0.3, -0.25) is 0 Å². The van der Waals surface area contributed by atoms with E-state index in [1.807, 2.05) is 13.8 Å². The second-order valence-corrected chi connectivity index (χ2v) is 7.18. The van der Waals surface area contributed by atoms with Crippen LogP contribution in [0.25, 0.3) is 5.57 Å². The van der Waals surface area contributed by atoms with Gasteiger partial charge in [-0.25, -0.2) is 0 Å². The zero-order valence-corrected chi connectivity index (χ0v) is 15.5.